The van der Waals surface area contributed by atoms with Crippen LogP contribution >= 0.6 is 0 Å². The molecule has 0 aliphatic carbocycles. The summed E-state index contributed by atoms with van der Waals surface area (Å²) >= 11 is 0. The lowest BCUT2D eigenvalue weighted by Crippen LogP contribution is -2.21. The average Bonchev–Trinajstić information content (AvgIpc) is 2.73. The molecule has 106 valence electrons. The molecule has 0 unspecified atom stereocenters. The molecule has 0 aliphatic heterocycles. The first-order valence-electron chi connectivity index (χ1n) is 6.64. The molecule has 0 saturated heterocycles. The first-order valence-corrected chi connectivity index (χ1v) is 6.64. The van der Waals surface area contributed by atoms with Crippen molar-refractivity contribution in [2.75, 3.05) is 0 Å². The van der Waals surface area contributed by atoms with Crippen molar-refractivity contribution >= 4 is 5.97 Å². The molecule has 0 saturated carbocycles. The number of aliphatic carboxylic acids is 1. The Balaban J connectivity index is 2.15. The number of rotatable bonds is 5. The van der Waals surface area contributed by atoms with Gasteiger partial charge in [0, 0.05) is 11.4 Å². The standard InChI is InChI=1S/C16H19NO3/c1-11-3-4-12(2)17(11)15(16(19)20)10-7-13-5-8-14(18)9-6-13/h3-6,8-9,15,18H,7,10H2,1-2H3,(H,19,20)/t15-/m0/s1. The molecule has 2 aromatic rings. The van der Waals surface area contributed by atoms with E-state index >= 15 is 0 Å². The minimum atomic E-state index is -0.814. The maximum atomic E-state index is 11.5. The molecule has 20 heavy (non-hydrogen) atoms. The van der Waals surface area contributed by atoms with E-state index in [0.717, 1.165) is 17.0 Å². The highest BCUT2D eigenvalue weighted by atomic mass is 16.4. The molecule has 0 spiro atoms. The van der Waals surface area contributed by atoms with Crippen LogP contribution in [-0.4, -0.2) is 20.7 Å². The normalized spacial score (nSPS) is 12.3. The van der Waals surface area contributed by atoms with E-state index in [2.05, 4.69) is 0 Å². The largest absolute Gasteiger partial charge is 0.508 e. The third-order valence-electron chi connectivity index (χ3n) is 3.57. The van der Waals surface area contributed by atoms with Crippen LogP contribution in [-0.2, 0) is 11.2 Å². The number of nitrogens with zero attached hydrogens (tertiary/aromatic N) is 1. The molecular formula is C16H19NO3. The van der Waals surface area contributed by atoms with Crippen molar-refractivity contribution in [3.05, 3.63) is 53.3 Å². The minimum absolute atomic E-state index is 0.223. The summed E-state index contributed by atoms with van der Waals surface area (Å²) in [5, 5.41) is 18.7. The molecular weight excluding hydrogens is 254 g/mol. The second kappa shape index (κ2) is 5.82. The van der Waals surface area contributed by atoms with Gasteiger partial charge in [-0.1, -0.05) is 12.1 Å². The van der Waals surface area contributed by atoms with Crippen LogP contribution in [0.1, 0.15) is 29.4 Å². The molecule has 1 aromatic heterocycles. The monoisotopic (exact) mass is 273 g/mol. The topological polar surface area (TPSA) is 62.5 Å². The number of hydrogen-bond donors (Lipinski definition) is 2. The Morgan fingerprint density at radius 3 is 2.15 bits per heavy atom. The molecule has 0 bridgehead atoms. The van der Waals surface area contributed by atoms with Crippen molar-refractivity contribution in [3.63, 3.8) is 0 Å². The highest BCUT2D eigenvalue weighted by Crippen LogP contribution is 2.22. The molecule has 1 atom stereocenters. The van der Waals surface area contributed by atoms with E-state index in [1.54, 1.807) is 12.1 Å². The van der Waals surface area contributed by atoms with Gasteiger partial charge in [-0.3, -0.25) is 0 Å². The Morgan fingerprint density at radius 2 is 1.65 bits per heavy atom. The Labute approximate surface area is 118 Å². The quantitative estimate of drug-likeness (QED) is 0.880. The van der Waals surface area contributed by atoms with E-state index in [1.165, 1.54) is 0 Å². The number of phenols is 1. The van der Waals surface area contributed by atoms with Crippen molar-refractivity contribution in [2.45, 2.75) is 32.7 Å². The van der Waals surface area contributed by atoms with Gasteiger partial charge >= 0.3 is 5.97 Å². The summed E-state index contributed by atoms with van der Waals surface area (Å²) in [5.41, 5.74) is 2.94. The molecule has 2 rings (SSSR count). The maximum absolute atomic E-state index is 11.5. The van der Waals surface area contributed by atoms with Crippen LogP contribution in [0.4, 0.5) is 0 Å². The predicted octanol–water partition coefficient (Wildman–Crippen LogP) is 3.07. The Kier molecular flexibility index (Phi) is 4.13. The third kappa shape index (κ3) is 3.02. The van der Waals surface area contributed by atoms with Crippen LogP contribution < -0.4 is 0 Å². The van der Waals surface area contributed by atoms with Gasteiger partial charge in [0.25, 0.3) is 0 Å². The molecule has 0 aliphatic rings. The maximum Gasteiger partial charge on any atom is 0.326 e. The van der Waals surface area contributed by atoms with E-state index in [9.17, 15) is 15.0 Å². The van der Waals surface area contributed by atoms with E-state index in [1.807, 2.05) is 42.7 Å². The van der Waals surface area contributed by atoms with Gasteiger partial charge in [0.2, 0.25) is 0 Å². The first kappa shape index (κ1) is 14.2. The second-order valence-corrected chi connectivity index (χ2v) is 5.05. The van der Waals surface area contributed by atoms with E-state index in [-0.39, 0.29) is 5.75 Å². The number of benzene rings is 1. The summed E-state index contributed by atoms with van der Waals surface area (Å²) in [6.45, 7) is 3.84. The summed E-state index contributed by atoms with van der Waals surface area (Å²) < 4.78 is 1.86. The third-order valence-corrected chi connectivity index (χ3v) is 3.57. The van der Waals surface area contributed by atoms with E-state index in [0.29, 0.717) is 12.8 Å². The van der Waals surface area contributed by atoms with Crippen molar-refractivity contribution in [1.29, 1.82) is 0 Å². The van der Waals surface area contributed by atoms with Crippen LogP contribution in [0.5, 0.6) is 5.75 Å². The molecule has 2 N–H and O–H groups in total. The van der Waals surface area contributed by atoms with Gasteiger partial charge in [-0.05, 0) is 56.5 Å². The first-order chi connectivity index (χ1) is 9.49. The zero-order valence-electron chi connectivity index (χ0n) is 11.7. The number of carboxylic acids is 1. The van der Waals surface area contributed by atoms with Gasteiger partial charge in [-0.15, -0.1) is 0 Å². The number of aromatic nitrogens is 1. The average molecular weight is 273 g/mol. The van der Waals surface area contributed by atoms with Crippen LogP contribution in [0.25, 0.3) is 0 Å². The molecule has 4 nitrogen and oxygen atoms in total. The zero-order valence-corrected chi connectivity index (χ0v) is 11.7. The van der Waals surface area contributed by atoms with Crippen molar-refractivity contribution in [1.82, 2.24) is 4.57 Å². The smallest absolute Gasteiger partial charge is 0.326 e. The summed E-state index contributed by atoms with van der Waals surface area (Å²) in [6, 6.07) is 10.2. The lowest BCUT2D eigenvalue weighted by Gasteiger charge is -2.18. The van der Waals surface area contributed by atoms with Gasteiger partial charge < -0.3 is 14.8 Å². The molecule has 1 aromatic carbocycles. The fourth-order valence-electron chi connectivity index (χ4n) is 2.50. The molecule has 0 amide bonds. The summed E-state index contributed by atoms with van der Waals surface area (Å²) in [4.78, 5) is 11.5. The summed E-state index contributed by atoms with van der Waals surface area (Å²) in [6.07, 6.45) is 1.19. The van der Waals surface area contributed by atoms with Gasteiger partial charge in [0.05, 0.1) is 0 Å². The molecule has 4 heteroatoms. The van der Waals surface area contributed by atoms with E-state index in [4.69, 9.17) is 0 Å². The summed E-state index contributed by atoms with van der Waals surface area (Å²) in [7, 11) is 0. The Bertz CT molecular complexity index is 579. The second-order valence-electron chi connectivity index (χ2n) is 5.05. The van der Waals surface area contributed by atoms with Gasteiger partial charge in [-0.25, -0.2) is 4.79 Å². The number of carbonyl (C=O) groups is 1. The lowest BCUT2D eigenvalue weighted by molar-refractivity contribution is -0.141. The van der Waals surface area contributed by atoms with Crippen LogP contribution in [0.15, 0.2) is 36.4 Å². The SMILES string of the molecule is Cc1ccc(C)n1[C@@H](CCc1ccc(O)cc1)C(=O)O. The minimum Gasteiger partial charge on any atom is -0.508 e. The molecule has 0 radical (unpaired) electrons. The number of carboxylic acid groups (broad SMARTS) is 1. The fraction of sp³-hybridized carbons (Fsp3) is 0.312. The van der Waals surface area contributed by atoms with Gasteiger partial charge in [-0.2, -0.15) is 0 Å². The van der Waals surface area contributed by atoms with E-state index < -0.39 is 12.0 Å². The highest BCUT2D eigenvalue weighted by Gasteiger charge is 2.21. The van der Waals surface area contributed by atoms with Crippen molar-refractivity contribution in [2.24, 2.45) is 0 Å². The fourth-order valence-corrected chi connectivity index (χ4v) is 2.50. The highest BCUT2D eigenvalue weighted by molar-refractivity contribution is 5.72. The molecule has 0 fully saturated rings. The number of hydrogen-bond acceptors (Lipinski definition) is 2. The Hall–Kier alpha value is -2.23. The van der Waals surface area contributed by atoms with Crippen LogP contribution in [0, 0.1) is 13.8 Å². The van der Waals surface area contributed by atoms with Crippen molar-refractivity contribution in [3.8, 4) is 5.75 Å². The predicted molar refractivity (Wildman–Crippen MR) is 77.0 cm³/mol. The van der Waals surface area contributed by atoms with Crippen LogP contribution in [0.3, 0.4) is 0 Å². The van der Waals surface area contributed by atoms with Crippen molar-refractivity contribution < 1.29 is 15.0 Å². The Morgan fingerprint density at radius 1 is 1.10 bits per heavy atom. The summed E-state index contributed by atoms with van der Waals surface area (Å²) in [5.74, 6) is -0.591. The van der Waals surface area contributed by atoms with Crippen LogP contribution in [0.2, 0.25) is 0 Å². The zero-order chi connectivity index (χ0) is 14.7. The number of phenolic OH excluding ortho intramolecular Hbond substituents is 1. The molecule has 1 heterocycles. The van der Waals surface area contributed by atoms with Gasteiger partial charge in [0.15, 0.2) is 0 Å². The number of aromatic hydroxyl groups is 1. The van der Waals surface area contributed by atoms with Gasteiger partial charge in [0.1, 0.15) is 11.8 Å². The lowest BCUT2D eigenvalue weighted by atomic mass is 10.0. The number of aryl methyl sites for hydroxylation is 3.